The monoisotopic (exact) mass is 489 g/mol. The van der Waals surface area contributed by atoms with Crippen molar-refractivity contribution in [2.75, 3.05) is 13.2 Å². The van der Waals surface area contributed by atoms with E-state index in [0.29, 0.717) is 35.3 Å². The number of esters is 1. The Labute approximate surface area is 201 Å². The Hall–Kier alpha value is -2.97. The van der Waals surface area contributed by atoms with E-state index in [9.17, 15) is 14.4 Å². The van der Waals surface area contributed by atoms with Gasteiger partial charge in [0.25, 0.3) is 11.1 Å². The molecule has 1 fully saturated rings. The first-order valence-electron chi connectivity index (χ1n) is 10.4. The number of carbonyl (C=O) groups excluding carboxylic acids is 3. The van der Waals surface area contributed by atoms with Crippen molar-refractivity contribution in [3.8, 4) is 11.5 Å². The van der Waals surface area contributed by atoms with Crippen LogP contribution in [-0.4, -0.2) is 41.3 Å². The van der Waals surface area contributed by atoms with Gasteiger partial charge in [-0.2, -0.15) is 0 Å². The summed E-state index contributed by atoms with van der Waals surface area (Å²) in [6, 6.07) is 11.6. The zero-order chi connectivity index (χ0) is 24.0. The van der Waals surface area contributed by atoms with Crippen LogP contribution in [0.3, 0.4) is 0 Å². The molecular weight excluding hydrogens is 466 g/mol. The number of nitrogens with zero attached hydrogens (tertiary/aromatic N) is 1. The van der Waals surface area contributed by atoms with Gasteiger partial charge in [-0.25, -0.2) is 4.79 Å². The second-order valence-corrected chi connectivity index (χ2v) is 8.46. The molecule has 3 rings (SSSR count). The van der Waals surface area contributed by atoms with Crippen LogP contribution in [0.2, 0.25) is 5.02 Å². The molecule has 0 bridgehead atoms. The SMILES string of the molecule is CCOC(=O)[C@@H](C)N1C(=O)S/C(=C/c2ccc(OCc3ccc(Cl)cc3)c(OCC)c2)C1=O. The topological polar surface area (TPSA) is 82.1 Å². The third-order valence-corrected chi connectivity index (χ3v) is 5.85. The molecule has 1 saturated heterocycles. The third kappa shape index (κ3) is 6.09. The maximum absolute atomic E-state index is 12.8. The van der Waals surface area contributed by atoms with Crippen LogP contribution in [0.5, 0.6) is 11.5 Å². The molecule has 2 aromatic rings. The first-order valence-corrected chi connectivity index (χ1v) is 11.6. The summed E-state index contributed by atoms with van der Waals surface area (Å²) in [7, 11) is 0. The number of rotatable bonds is 9. The van der Waals surface area contributed by atoms with Crippen molar-refractivity contribution >= 4 is 46.6 Å². The minimum absolute atomic E-state index is 0.169. The van der Waals surface area contributed by atoms with Gasteiger partial charge in [0.15, 0.2) is 11.5 Å². The molecule has 1 aliphatic rings. The zero-order valence-corrected chi connectivity index (χ0v) is 20.1. The van der Waals surface area contributed by atoms with Crippen LogP contribution in [-0.2, 0) is 20.9 Å². The Bertz CT molecular complexity index is 1070. The summed E-state index contributed by atoms with van der Waals surface area (Å²) in [5.74, 6) is -0.0965. The first kappa shape index (κ1) is 24.7. The second-order valence-electron chi connectivity index (χ2n) is 7.03. The fourth-order valence-corrected chi connectivity index (χ4v) is 4.11. The lowest BCUT2D eigenvalue weighted by molar-refractivity contribution is -0.150. The van der Waals surface area contributed by atoms with Crippen molar-refractivity contribution in [3.63, 3.8) is 0 Å². The normalized spacial score (nSPS) is 15.6. The highest BCUT2D eigenvalue weighted by Gasteiger charge is 2.41. The molecule has 0 unspecified atom stereocenters. The van der Waals surface area contributed by atoms with Gasteiger partial charge in [-0.15, -0.1) is 0 Å². The van der Waals surface area contributed by atoms with E-state index in [1.165, 1.54) is 6.92 Å². The van der Waals surface area contributed by atoms with Crippen molar-refractivity contribution in [1.29, 1.82) is 0 Å². The lowest BCUT2D eigenvalue weighted by Gasteiger charge is -2.19. The van der Waals surface area contributed by atoms with E-state index in [4.69, 9.17) is 25.8 Å². The Morgan fingerprint density at radius 2 is 1.79 bits per heavy atom. The Morgan fingerprint density at radius 3 is 2.45 bits per heavy atom. The highest BCUT2D eigenvalue weighted by Crippen LogP contribution is 2.36. The maximum Gasteiger partial charge on any atom is 0.329 e. The van der Waals surface area contributed by atoms with Crippen molar-refractivity contribution in [2.45, 2.75) is 33.4 Å². The predicted octanol–water partition coefficient (Wildman–Crippen LogP) is 5.31. The molecule has 174 valence electrons. The summed E-state index contributed by atoms with van der Waals surface area (Å²) in [6.45, 7) is 5.92. The van der Waals surface area contributed by atoms with E-state index < -0.39 is 23.2 Å². The summed E-state index contributed by atoms with van der Waals surface area (Å²) in [5, 5.41) is 0.138. The van der Waals surface area contributed by atoms with Crippen LogP contribution < -0.4 is 9.47 Å². The number of carbonyl (C=O) groups is 3. The van der Waals surface area contributed by atoms with E-state index >= 15 is 0 Å². The van der Waals surface area contributed by atoms with Gasteiger partial charge < -0.3 is 14.2 Å². The van der Waals surface area contributed by atoms with E-state index in [0.717, 1.165) is 22.2 Å². The van der Waals surface area contributed by atoms with Gasteiger partial charge in [-0.3, -0.25) is 14.5 Å². The van der Waals surface area contributed by atoms with Crippen LogP contribution in [0.25, 0.3) is 6.08 Å². The maximum atomic E-state index is 12.8. The molecule has 2 aromatic carbocycles. The smallest absolute Gasteiger partial charge is 0.329 e. The summed E-state index contributed by atoms with van der Waals surface area (Å²) < 4.78 is 16.5. The Morgan fingerprint density at radius 1 is 1.06 bits per heavy atom. The standard InChI is InChI=1S/C24H24ClNO6S/c1-4-30-20-12-17(8-11-19(20)32-14-16-6-9-18(25)10-7-16)13-21-22(27)26(24(29)33-21)15(3)23(28)31-5-2/h6-13,15H,4-5,14H2,1-3H3/b21-13+/t15-/m1/s1. The molecule has 0 aromatic heterocycles. The summed E-state index contributed by atoms with van der Waals surface area (Å²) in [5.41, 5.74) is 1.61. The molecule has 2 amide bonds. The minimum Gasteiger partial charge on any atom is -0.490 e. The van der Waals surface area contributed by atoms with E-state index in [2.05, 4.69) is 0 Å². The highest BCUT2D eigenvalue weighted by molar-refractivity contribution is 8.18. The number of hydrogen-bond acceptors (Lipinski definition) is 7. The summed E-state index contributed by atoms with van der Waals surface area (Å²) >= 11 is 6.70. The molecule has 0 saturated carbocycles. The number of amides is 2. The summed E-state index contributed by atoms with van der Waals surface area (Å²) in [4.78, 5) is 38.3. The van der Waals surface area contributed by atoms with Crippen LogP contribution in [0, 0.1) is 0 Å². The number of benzene rings is 2. The number of halogens is 1. The molecular formula is C24H24ClNO6S. The van der Waals surface area contributed by atoms with Crippen molar-refractivity contribution in [2.24, 2.45) is 0 Å². The molecule has 1 aliphatic heterocycles. The molecule has 0 aliphatic carbocycles. The highest BCUT2D eigenvalue weighted by atomic mass is 35.5. The first-order chi connectivity index (χ1) is 15.8. The average molecular weight is 490 g/mol. The van der Waals surface area contributed by atoms with E-state index in [-0.39, 0.29) is 11.5 Å². The third-order valence-electron chi connectivity index (χ3n) is 4.71. The molecule has 0 N–H and O–H groups in total. The average Bonchev–Trinajstić information content (AvgIpc) is 3.07. The fraction of sp³-hybridized carbons (Fsp3) is 0.292. The quantitative estimate of drug-likeness (QED) is 0.349. The number of imide groups is 1. The molecule has 1 atom stereocenters. The molecule has 33 heavy (non-hydrogen) atoms. The van der Waals surface area contributed by atoms with Crippen LogP contribution >= 0.6 is 23.4 Å². The van der Waals surface area contributed by atoms with Gasteiger partial charge in [0.1, 0.15) is 12.6 Å². The van der Waals surface area contributed by atoms with Gasteiger partial charge in [0.05, 0.1) is 18.1 Å². The van der Waals surface area contributed by atoms with Gasteiger partial charge in [-0.05, 0) is 74.0 Å². The van der Waals surface area contributed by atoms with Crippen LogP contribution in [0.4, 0.5) is 4.79 Å². The van der Waals surface area contributed by atoms with E-state index in [1.807, 2.05) is 19.1 Å². The second kappa shape index (κ2) is 11.2. The minimum atomic E-state index is -0.994. The van der Waals surface area contributed by atoms with E-state index in [1.54, 1.807) is 43.3 Å². The molecule has 0 spiro atoms. The van der Waals surface area contributed by atoms with Gasteiger partial charge in [0.2, 0.25) is 0 Å². The zero-order valence-electron chi connectivity index (χ0n) is 18.5. The Balaban J connectivity index is 1.78. The van der Waals surface area contributed by atoms with Crippen LogP contribution in [0.1, 0.15) is 31.9 Å². The Kier molecular flexibility index (Phi) is 8.41. The molecule has 7 nitrogen and oxygen atoms in total. The number of thioether (sulfide) groups is 1. The fourth-order valence-electron chi connectivity index (χ4n) is 3.08. The van der Waals surface area contributed by atoms with Gasteiger partial charge >= 0.3 is 5.97 Å². The largest absolute Gasteiger partial charge is 0.490 e. The van der Waals surface area contributed by atoms with Gasteiger partial charge in [-0.1, -0.05) is 29.8 Å². The van der Waals surface area contributed by atoms with Crippen molar-refractivity contribution in [3.05, 3.63) is 63.5 Å². The summed E-state index contributed by atoms with van der Waals surface area (Å²) in [6.07, 6.45) is 1.59. The molecule has 1 heterocycles. The molecule has 0 radical (unpaired) electrons. The number of ether oxygens (including phenoxy) is 3. The van der Waals surface area contributed by atoms with Crippen molar-refractivity contribution in [1.82, 2.24) is 4.90 Å². The van der Waals surface area contributed by atoms with Gasteiger partial charge in [0, 0.05) is 5.02 Å². The lowest BCUT2D eigenvalue weighted by atomic mass is 10.1. The van der Waals surface area contributed by atoms with Crippen molar-refractivity contribution < 1.29 is 28.6 Å². The number of hydrogen-bond donors (Lipinski definition) is 0. The lowest BCUT2D eigenvalue weighted by Crippen LogP contribution is -2.42. The predicted molar refractivity (Wildman–Crippen MR) is 127 cm³/mol. The van der Waals surface area contributed by atoms with Crippen LogP contribution in [0.15, 0.2) is 47.4 Å². The molecule has 9 heteroatoms.